The van der Waals surface area contributed by atoms with Gasteiger partial charge in [0.25, 0.3) is 0 Å². The van der Waals surface area contributed by atoms with Crippen LogP contribution in [0.1, 0.15) is 31.1 Å². The summed E-state index contributed by atoms with van der Waals surface area (Å²) in [4.78, 5) is 23.1. The molecule has 4 heteroatoms. The average Bonchev–Trinajstić information content (AvgIpc) is 2.36. The van der Waals surface area contributed by atoms with Gasteiger partial charge in [-0.1, -0.05) is 12.2 Å². The van der Waals surface area contributed by atoms with Gasteiger partial charge in [0.2, 0.25) is 5.91 Å². The van der Waals surface area contributed by atoms with Crippen LogP contribution in [0.5, 0.6) is 0 Å². The van der Waals surface area contributed by atoms with E-state index in [0.717, 1.165) is 11.3 Å². The largest absolute Gasteiger partial charge is 0.325 e. The zero-order chi connectivity index (χ0) is 14.4. The number of ketones is 1. The lowest BCUT2D eigenvalue weighted by molar-refractivity contribution is -0.115. The second-order valence-corrected chi connectivity index (χ2v) is 5.86. The molecule has 0 aromatic heterocycles. The van der Waals surface area contributed by atoms with Crippen molar-refractivity contribution in [3.63, 3.8) is 0 Å². The summed E-state index contributed by atoms with van der Waals surface area (Å²) < 4.78 is 0. The molecule has 0 fully saturated rings. The number of Topliss-reactive ketones (excluding diaryl/α,β-unsaturated/α-hetero) is 1. The van der Waals surface area contributed by atoms with E-state index in [1.165, 1.54) is 6.92 Å². The molecule has 1 N–H and O–H groups in total. The van der Waals surface area contributed by atoms with Crippen molar-refractivity contribution in [2.45, 2.75) is 26.0 Å². The number of hydrogen-bond donors (Lipinski definition) is 1. The maximum absolute atomic E-state index is 11.9. The summed E-state index contributed by atoms with van der Waals surface area (Å²) >= 11 is 1.55. The summed E-state index contributed by atoms with van der Waals surface area (Å²) in [6.45, 7) is 9.14. The minimum absolute atomic E-state index is 0.0169. The highest BCUT2D eigenvalue weighted by Crippen LogP contribution is 2.16. The second-order valence-electron chi connectivity index (χ2n) is 4.53. The Hall–Kier alpha value is -1.55. The standard InChI is InChI=1S/C15H19NO2S/c1-10(2)9-19-12(4)15(18)16-14-7-5-13(6-8-14)11(3)17/h5-8,12H,1,9H2,2-4H3,(H,16,18)/t12-/m1/s1. The van der Waals surface area contributed by atoms with E-state index in [2.05, 4.69) is 11.9 Å². The number of nitrogens with one attached hydrogen (secondary N) is 1. The highest BCUT2D eigenvalue weighted by molar-refractivity contribution is 8.00. The van der Waals surface area contributed by atoms with Crippen molar-refractivity contribution in [3.8, 4) is 0 Å². The third-order valence-corrected chi connectivity index (χ3v) is 3.88. The fourth-order valence-corrected chi connectivity index (χ4v) is 2.12. The quantitative estimate of drug-likeness (QED) is 0.639. The molecule has 0 bridgehead atoms. The predicted molar refractivity (Wildman–Crippen MR) is 81.8 cm³/mol. The first-order valence-electron chi connectivity index (χ1n) is 6.08. The Morgan fingerprint density at radius 1 is 1.26 bits per heavy atom. The van der Waals surface area contributed by atoms with E-state index in [1.54, 1.807) is 36.0 Å². The number of carbonyl (C=O) groups is 2. The van der Waals surface area contributed by atoms with E-state index in [1.807, 2.05) is 13.8 Å². The molecule has 1 aromatic rings. The van der Waals surface area contributed by atoms with Gasteiger partial charge < -0.3 is 5.32 Å². The molecule has 1 amide bonds. The highest BCUT2D eigenvalue weighted by Gasteiger charge is 2.13. The molecule has 102 valence electrons. The molecule has 0 aliphatic heterocycles. The van der Waals surface area contributed by atoms with E-state index >= 15 is 0 Å². The first kappa shape index (κ1) is 15.5. The fourth-order valence-electron chi connectivity index (χ4n) is 1.38. The number of rotatable bonds is 6. The number of anilines is 1. The molecule has 3 nitrogen and oxygen atoms in total. The highest BCUT2D eigenvalue weighted by atomic mass is 32.2. The molecular formula is C15H19NO2S. The number of hydrogen-bond acceptors (Lipinski definition) is 3. The van der Waals surface area contributed by atoms with Gasteiger partial charge in [0.05, 0.1) is 5.25 Å². The summed E-state index contributed by atoms with van der Waals surface area (Å²) in [6, 6.07) is 6.91. The molecule has 0 aliphatic carbocycles. The third kappa shape index (κ3) is 5.30. The number of thioether (sulfide) groups is 1. The molecule has 0 saturated heterocycles. The maximum atomic E-state index is 11.9. The van der Waals surface area contributed by atoms with Crippen LogP contribution in [0.3, 0.4) is 0 Å². The van der Waals surface area contributed by atoms with Gasteiger partial charge in [0, 0.05) is 17.0 Å². The smallest absolute Gasteiger partial charge is 0.237 e. The summed E-state index contributed by atoms with van der Waals surface area (Å²) in [5, 5.41) is 2.70. The Morgan fingerprint density at radius 2 is 1.84 bits per heavy atom. The van der Waals surface area contributed by atoms with Gasteiger partial charge in [-0.15, -0.1) is 11.8 Å². The van der Waals surface area contributed by atoms with Gasteiger partial charge in [0.15, 0.2) is 5.78 Å². The molecule has 1 aromatic carbocycles. The summed E-state index contributed by atoms with van der Waals surface area (Å²) in [5.74, 6) is 0.753. The van der Waals surface area contributed by atoms with Crippen molar-refractivity contribution in [2.75, 3.05) is 11.1 Å². The van der Waals surface area contributed by atoms with E-state index in [9.17, 15) is 9.59 Å². The van der Waals surface area contributed by atoms with Crippen molar-refractivity contribution in [3.05, 3.63) is 42.0 Å². The molecule has 1 rings (SSSR count). The van der Waals surface area contributed by atoms with Gasteiger partial charge in [-0.05, 0) is 45.0 Å². The molecule has 0 aliphatic rings. The topological polar surface area (TPSA) is 46.2 Å². The van der Waals surface area contributed by atoms with Crippen molar-refractivity contribution in [2.24, 2.45) is 0 Å². The van der Waals surface area contributed by atoms with Crippen LogP contribution in [-0.2, 0) is 4.79 Å². The number of carbonyl (C=O) groups excluding carboxylic acids is 2. The Kier molecular flexibility index (Phi) is 5.83. The van der Waals surface area contributed by atoms with Crippen LogP contribution in [0.2, 0.25) is 0 Å². The van der Waals surface area contributed by atoms with Crippen LogP contribution >= 0.6 is 11.8 Å². The lowest BCUT2D eigenvalue weighted by Gasteiger charge is -2.12. The van der Waals surface area contributed by atoms with E-state index in [-0.39, 0.29) is 16.9 Å². The van der Waals surface area contributed by atoms with Crippen molar-refractivity contribution < 1.29 is 9.59 Å². The molecule has 1 atom stereocenters. The molecule has 0 heterocycles. The van der Waals surface area contributed by atoms with E-state index in [0.29, 0.717) is 11.3 Å². The van der Waals surface area contributed by atoms with Crippen LogP contribution < -0.4 is 5.32 Å². The van der Waals surface area contributed by atoms with E-state index < -0.39 is 0 Å². The Bertz CT molecular complexity index is 479. The Labute approximate surface area is 118 Å². The van der Waals surface area contributed by atoms with Crippen LogP contribution in [0.25, 0.3) is 0 Å². The Balaban J connectivity index is 2.56. The fraction of sp³-hybridized carbons (Fsp3) is 0.333. The average molecular weight is 277 g/mol. The first-order chi connectivity index (χ1) is 8.90. The minimum atomic E-state index is -0.135. The van der Waals surface area contributed by atoms with Gasteiger partial charge in [-0.3, -0.25) is 9.59 Å². The first-order valence-corrected chi connectivity index (χ1v) is 7.13. The normalized spacial score (nSPS) is 11.7. The van der Waals surface area contributed by atoms with Crippen molar-refractivity contribution in [1.29, 1.82) is 0 Å². The van der Waals surface area contributed by atoms with Crippen molar-refractivity contribution in [1.82, 2.24) is 0 Å². The Morgan fingerprint density at radius 3 is 2.32 bits per heavy atom. The number of amides is 1. The maximum Gasteiger partial charge on any atom is 0.237 e. The SMILES string of the molecule is C=C(C)CS[C@H](C)C(=O)Nc1ccc(C(C)=O)cc1. The lowest BCUT2D eigenvalue weighted by Crippen LogP contribution is -2.22. The van der Waals surface area contributed by atoms with Gasteiger partial charge in [0.1, 0.15) is 0 Å². The molecule has 0 spiro atoms. The van der Waals surface area contributed by atoms with Gasteiger partial charge >= 0.3 is 0 Å². The van der Waals surface area contributed by atoms with E-state index in [4.69, 9.17) is 0 Å². The lowest BCUT2D eigenvalue weighted by atomic mass is 10.1. The summed E-state index contributed by atoms with van der Waals surface area (Å²) in [5.41, 5.74) is 2.40. The molecule has 0 radical (unpaired) electrons. The second kappa shape index (κ2) is 7.14. The minimum Gasteiger partial charge on any atom is -0.325 e. The van der Waals surface area contributed by atoms with Crippen LogP contribution in [0.4, 0.5) is 5.69 Å². The zero-order valence-corrected chi connectivity index (χ0v) is 12.3. The van der Waals surface area contributed by atoms with Gasteiger partial charge in [-0.25, -0.2) is 0 Å². The zero-order valence-electron chi connectivity index (χ0n) is 11.5. The van der Waals surface area contributed by atoms with Crippen LogP contribution in [0, 0.1) is 0 Å². The monoisotopic (exact) mass is 277 g/mol. The summed E-state index contributed by atoms with van der Waals surface area (Å²) in [7, 11) is 0. The molecule has 19 heavy (non-hydrogen) atoms. The predicted octanol–water partition coefficient (Wildman–Crippen LogP) is 3.53. The number of benzene rings is 1. The van der Waals surface area contributed by atoms with Crippen molar-refractivity contribution >= 4 is 29.1 Å². The summed E-state index contributed by atoms with van der Waals surface area (Å²) in [6.07, 6.45) is 0. The molecule has 0 saturated carbocycles. The van der Waals surface area contributed by atoms with Crippen LogP contribution in [0.15, 0.2) is 36.4 Å². The van der Waals surface area contributed by atoms with Gasteiger partial charge in [-0.2, -0.15) is 0 Å². The third-order valence-electron chi connectivity index (χ3n) is 2.51. The molecule has 0 unspecified atom stereocenters. The molecular weight excluding hydrogens is 258 g/mol. The van der Waals surface area contributed by atoms with Crippen LogP contribution in [-0.4, -0.2) is 22.7 Å².